The van der Waals surface area contributed by atoms with Gasteiger partial charge in [0.2, 0.25) is 0 Å². The van der Waals surface area contributed by atoms with Gasteiger partial charge in [-0.05, 0) is 6.07 Å². The molecule has 1 aromatic carbocycles. The molecule has 1 aromatic rings. The average Bonchev–Trinajstić information content (AvgIpc) is 2.16. The third-order valence-electron chi connectivity index (χ3n) is 1.43. The highest BCUT2D eigenvalue weighted by Crippen LogP contribution is 2.18. The van der Waals surface area contributed by atoms with Gasteiger partial charge in [-0.15, -0.1) is 0 Å². The first kappa shape index (κ1) is 10.3. The largest absolute Gasteiger partial charge is 0.302 e. The van der Waals surface area contributed by atoms with Gasteiger partial charge in [-0.1, -0.05) is 0 Å². The summed E-state index contributed by atoms with van der Waals surface area (Å²) in [6.45, 7) is 0. The van der Waals surface area contributed by atoms with Crippen LogP contribution in [0.3, 0.4) is 0 Å². The summed E-state index contributed by atoms with van der Waals surface area (Å²) in [5.74, 6) is 0. The maximum Gasteiger partial charge on any atom is 0.272 e. The molecular weight excluding hydrogens is 208 g/mol. The molecule has 0 fully saturated rings. The summed E-state index contributed by atoms with van der Waals surface area (Å²) >= 11 is -2.32. The van der Waals surface area contributed by atoms with E-state index in [1.54, 1.807) is 6.07 Å². The molecule has 0 aliphatic heterocycles. The van der Waals surface area contributed by atoms with Crippen LogP contribution in [-0.2, 0) is 11.1 Å². The second-order valence-electron chi connectivity index (χ2n) is 2.33. The summed E-state index contributed by atoms with van der Waals surface area (Å²) in [5, 5.41) is 18.9. The molecule has 7 heteroatoms. The molecule has 1 unspecified atom stereocenters. The molecule has 0 aliphatic carbocycles. The summed E-state index contributed by atoms with van der Waals surface area (Å²) in [4.78, 5) is 9.48. The molecule has 1 atom stereocenters. The molecule has 0 aliphatic rings. The summed E-state index contributed by atoms with van der Waals surface area (Å²) < 4.78 is 19.3. The van der Waals surface area contributed by atoms with Crippen molar-refractivity contribution in [3.63, 3.8) is 0 Å². The molecule has 1 rings (SSSR count). The van der Waals surface area contributed by atoms with E-state index < -0.39 is 16.0 Å². The van der Waals surface area contributed by atoms with Crippen molar-refractivity contribution < 1.29 is 13.7 Å². The predicted molar refractivity (Wildman–Crippen MR) is 46.8 cm³/mol. The number of nitro groups is 1. The second kappa shape index (κ2) is 3.95. The van der Waals surface area contributed by atoms with Crippen LogP contribution in [0.15, 0.2) is 23.1 Å². The molecule has 0 saturated heterocycles. The highest BCUT2D eigenvalue weighted by atomic mass is 32.2. The van der Waals surface area contributed by atoms with Crippen LogP contribution in [0.5, 0.6) is 0 Å². The third kappa shape index (κ3) is 2.12. The van der Waals surface area contributed by atoms with E-state index in [9.17, 15) is 14.3 Å². The molecule has 6 nitrogen and oxygen atoms in total. The van der Waals surface area contributed by atoms with E-state index in [1.807, 2.05) is 0 Å². The summed E-state index contributed by atoms with van der Waals surface area (Å²) in [6.07, 6.45) is 0. The summed E-state index contributed by atoms with van der Waals surface area (Å²) in [6, 6.07) is 4.79. The van der Waals surface area contributed by atoms with Crippen molar-refractivity contribution >= 4 is 16.8 Å². The highest BCUT2D eigenvalue weighted by molar-refractivity contribution is 7.79. The van der Waals surface area contributed by atoms with E-state index in [-0.39, 0.29) is 16.1 Å². The zero-order valence-electron chi connectivity index (χ0n) is 6.71. The summed E-state index contributed by atoms with van der Waals surface area (Å²) in [5.41, 5.74) is -0.391. The average molecular weight is 212 g/mol. The molecule has 0 radical (unpaired) electrons. The standard InChI is InChI=1S/C7H4N2O4S/c8-4-5-1-6(9(10)11)3-7(2-5)14(12)13/h1-3H,(H,12,13). The maximum atomic E-state index is 10.6. The van der Waals surface area contributed by atoms with Gasteiger partial charge in [0.05, 0.1) is 21.5 Å². The van der Waals surface area contributed by atoms with Crippen molar-refractivity contribution in [2.45, 2.75) is 4.90 Å². The van der Waals surface area contributed by atoms with E-state index in [4.69, 9.17) is 9.81 Å². The number of hydrogen-bond acceptors (Lipinski definition) is 4. The summed E-state index contributed by atoms with van der Waals surface area (Å²) in [7, 11) is 0. The van der Waals surface area contributed by atoms with Crippen LogP contribution in [-0.4, -0.2) is 13.7 Å². The number of nitriles is 1. The lowest BCUT2D eigenvalue weighted by atomic mass is 10.2. The first-order chi connectivity index (χ1) is 6.54. The fourth-order valence-corrected chi connectivity index (χ4v) is 1.30. The normalized spacial score (nSPS) is 11.7. The van der Waals surface area contributed by atoms with Gasteiger partial charge in [-0.25, -0.2) is 4.21 Å². The van der Waals surface area contributed by atoms with Gasteiger partial charge in [0.1, 0.15) is 0 Å². The SMILES string of the molecule is N#Cc1cc([N+](=O)[O-])cc(S(=O)O)c1. The molecule has 1 N–H and O–H groups in total. The zero-order chi connectivity index (χ0) is 10.7. The Labute approximate surface area is 81.2 Å². The van der Waals surface area contributed by atoms with Gasteiger partial charge in [-0.2, -0.15) is 5.26 Å². The Morgan fingerprint density at radius 1 is 1.50 bits per heavy atom. The van der Waals surface area contributed by atoms with Crippen molar-refractivity contribution in [1.29, 1.82) is 5.26 Å². The second-order valence-corrected chi connectivity index (χ2v) is 3.30. The van der Waals surface area contributed by atoms with Crippen LogP contribution < -0.4 is 0 Å². The smallest absolute Gasteiger partial charge is 0.272 e. The van der Waals surface area contributed by atoms with Crippen molar-refractivity contribution in [3.05, 3.63) is 33.9 Å². The molecule has 0 heterocycles. The molecule has 0 amide bonds. The van der Waals surface area contributed by atoms with Crippen molar-refractivity contribution in [3.8, 4) is 6.07 Å². The van der Waals surface area contributed by atoms with Crippen LogP contribution in [0.2, 0.25) is 0 Å². The number of rotatable bonds is 2. The molecule has 14 heavy (non-hydrogen) atoms. The minimum atomic E-state index is -2.32. The monoisotopic (exact) mass is 212 g/mol. The van der Waals surface area contributed by atoms with Gasteiger partial charge >= 0.3 is 0 Å². The maximum absolute atomic E-state index is 10.6. The molecule has 0 spiro atoms. The van der Waals surface area contributed by atoms with Crippen molar-refractivity contribution in [2.75, 3.05) is 0 Å². The third-order valence-corrected chi connectivity index (χ3v) is 2.07. The number of nitro benzene ring substituents is 1. The van der Waals surface area contributed by atoms with Crippen LogP contribution >= 0.6 is 0 Å². The van der Waals surface area contributed by atoms with Crippen LogP contribution in [0.4, 0.5) is 5.69 Å². The number of non-ortho nitro benzene ring substituents is 1. The van der Waals surface area contributed by atoms with E-state index >= 15 is 0 Å². The highest BCUT2D eigenvalue weighted by Gasteiger charge is 2.12. The predicted octanol–water partition coefficient (Wildman–Crippen LogP) is 1.05. The van der Waals surface area contributed by atoms with E-state index in [0.29, 0.717) is 0 Å². The molecule has 72 valence electrons. The van der Waals surface area contributed by atoms with Gasteiger partial charge in [-0.3, -0.25) is 10.1 Å². The Hall–Kier alpha value is -1.78. The Morgan fingerprint density at radius 2 is 2.14 bits per heavy atom. The Kier molecular flexibility index (Phi) is 2.91. The van der Waals surface area contributed by atoms with Crippen LogP contribution in [0.1, 0.15) is 5.56 Å². The number of nitrogens with zero attached hydrogens (tertiary/aromatic N) is 2. The van der Waals surface area contributed by atoms with Crippen LogP contribution in [0.25, 0.3) is 0 Å². The van der Waals surface area contributed by atoms with Gasteiger partial charge in [0.15, 0.2) is 11.1 Å². The minimum Gasteiger partial charge on any atom is -0.302 e. The first-order valence-corrected chi connectivity index (χ1v) is 4.45. The lowest BCUT2D eigenvalue weighted by molar-refractivity contribution is -0.385. The number of benzene rings is 1. The lowest BCUT2D eigenvalue weighted by Gasteiger charge is -1.96. The Balaban J connectivity index is 3.36. The van der Waals surface area contributed by atoms with Crippen LogP contribution in [0, 0.1) is 21.4 Å². The first-order valence-electron chi connectivity index (χ1n) is 3.35. The molecule has 0 aromatic heterocycles. The number of hydrogen-bond donors (Lipinski definition) is 1. The molecule has 0 saturated carbocycles. The van der Waals surface area contributed by atoms with Gasteiger partial charge in [0.25, 0.3) is 5.69 Å². The van der Waals surface area contributed by atoms with Gasteiger partial charge < -0.3 is 4.55 Å². The zero-order valence-corrected chi connectivity index (χ0v) is 7.52. The van der Waals surface area contributed by atoms with E-state index in [2.05, 4.69) is 0 Å². The van der Waals surface area contributed by atoms with E-state index in [0.717, 1.165) is 18.2 Å². The fourth-order valence-electron chi connectivity index (χ4n) is 0.854. The van der Waals surface area contributed by atoms with Crippen molar-refractivity contribution in [1.82, 2.24) is 0 Å². The minimum absolute atomic E-state index is 0.0170. The topological polar surface area (TPSA) is 104 Å². The quantitative estimate of drug-likeness (QED) is 0.448. The lowest BCUT2D eigenvalue weighted by Crippen LogP contribution is -1.94. The van der Waals surface area contributed by atoms with E-state index in [1.165, 1.54) is 0 Å². The Bertz CT molecular complexity index is 419. The van der Waals surface area contributed by atoms with Gasteiger partial charge in [0, 0.05) is 12.1 Å². The fraction of sp³-hybridized carbons (Fsp3) is 0. The Morgan fingerprint density at radius 3 is 2.57 bits per heavy atom. The van der Waals surface area contributed by atoms with Crippen molar-refractivity contribution in [2.24, 2.45) is 0 Å². The molecular formula is C7H4N2O4S. The molecule has 0 bridgehead atoms.